The number of hydrogen-bond donors (Lipinski definition) is 8. The van der Waals surface area contributed by atoms with E-state index >= 15 is 0 Å². The molecule has 0 radical (unpaired) electrons. The van der Waals surface area contributed by atoms with E-state index in [4.69, 9.17) is 40.9 Å². The van der Waals surface area contributed by atoms with E-state index in [2.05, 4.69) is 13.2 Å². The molecular formula is C12H22O10. The highest BCUT2D eigenvalue weighted by atomic mass is 16.4. The van der Waals surface area contributed by atoms with Gasteiger partial charge in [0.2, 0.25) is 0 Å². The minimum atomic E-state index is -1.67. The SMILES string of the molecule is C=CC(=O)O.C=CC(=O)O.OC[C@@H](O)[C@@H](O)[C@H](O)[C@@H](O)CO. The van der Waals surface area contributed by atoms with E-state index in [1.54, 1.807) is 0 Å². The Hall–Kier alpha value is -1.82. The van der Waals surface area contributed by atoms with Crippen LogP contribution in [0, 0.1) is 0 Å². The standard InChI is InChI=1S/C6H14O6.2C3H4O2/c7-1-3(9)5(11)6(12)4(10)2-8;2*1-2-3(4)5/h3-12H,1-2H2;2*2H,1H2,(H,4,5)/t3-,4+,5-,6-;;/m1../s1. The molecule has 8 N–H and O–H groups in total. The molecule has 0 unspecified atom stereocenters. The minimum absolute atomic E-state index is 0.726. The van der Waals surface area contributed by atoms with Gasteiger partial charge in [0.05, 0.1) is 13.2 Å². The normalized spacial score (nSPS) is 14.6. The molecule has 0 aromatic heterocycles. The summed E-state index contributed by atoms with van der Waals surface area (Å²) >= 11 is 0. The Morgan fingerprint density at radius 1 is 0.773 bits per heavy atom. The molecule has 0 aliphatic heterocycles. The summed E-state index contributed by atoms with van der Waals surface area (Å²) in [4.78, 5) is 18.5. The molecule has 10 heteroatoms. The summed E-state index contributed by atoms with van der Waals surface area (Å²) in [5, 5.41) is 67.4. The second-order valence-corrected chi connectivity index (χ2v) is 3.57. The Morgan fingerprint density at radius 3 is 1.05 bits per heavy atom. The summed E-state index contributed by atoms with van der Waals surface area (Å²) < 4.78 is 0. The molecule has 0 saturated carbocycles. The second-order valence-electron chi connectivity index (χ2n) is 3.57. The first-order valence-electron chi connectivity index (χ1n) is 5.73. The van der Waals surface area contributed by atoms with Gasteiger partial charge in [0.15, 0.2) is 0 Å². The number of hydrogen-bond acceptors (Lipinski definition) is 8. The fraction of sp³-hybridized carbons (Fsp3) is 0.500. The van der Waals surface area contributed by atoms with Gasteiger partial charge in [0.25, 0.3) is 0 Å². The summed E-state index contributed by atoms with van der Waals surface area (Å²) in [6.07, 6.45) is -4.73. The average Bonchev–Trinajstić information content (AvgIpc) is 2.52. The lowest BCUT2D eigenvalue weighted by Gasteiger charge is -2.24. The number of carbonyl (C=O) groups is 2. The first-order valence-corrected chi connectivity index (χ1v) is 5.73. The minimum Gasteiger partial charge on any atom is -0.478 e. The van der Waals surface area contributed by atoms with Crippen LogP contribution in [0.25, 0.3) is 0 Å². The molecule has 4 atom stereocenters. The predicted molar refractivity (Wildman–Crippen MR) is 73.9 cm³/mol. The quantitative estimate of drug-likeness (QED) is 0.222. The summed E-state index contributed by atoms with van der Waals surface area (Å²) in [5.74, 6) is -1.96. The Morgan fingerprint density at radius 2 is 0.955 bits per heavy atom. The fourth-order valence-electron chi connectivity index (χ4n) is 0.671. The smallest absolute Gasteiger partial charge is 0.327 e. The van der Waals surface area contributed by atoms with Crippen LogP contribution in [0.5, 0.6) is 0 Å². The van der Waals surface area contributed by atoms with Crippen molar-refractivity contribution in [1.82, 2.24) is 0 Å². The largest absolute Gasteiger partial charge is 0.478 e. The molecule has 0 aliphatic carbocycles. The van der Waals surface area contributed by atoms with Gasteiger partial charge in [-0.05, 0) is 0 Å². The molecule has 0 aliphatic rings. The first-order chi connectivity index (χ1) is 10.1. The van der Waals surface area contributed by atoms with Crippen LogP contribution < -0.4 is 0 Å². The van der Waals surface area contributed by atoms with Gasteiger partial charge < -0.3 is 40.9 Å². The van der Waals surface area contributed by atoms with Crippen molar-refractivity contribution in [3.63, 3.8) is 0 Å². The monoisotopic (exact) mass is 326 g/mol. The summed E-state index contributed by atoms with van der Waals surface area (Å²) in [6, 6.07) is 0. The van der Waals surface area contributed by atoms with Crippen LogP contribution in [-0.2, 0) is 9.59 Å². The van der Waals surface area contributed by atoms with E-state index in [0.717, 1.165) is 12.2 Å². The molecule has 0 aromatic rings. The Balaban J connectivity index is -0.000000298. The molecule has 22 heavy (non-hydrogen) atoms. The predicted octanol–water partition coefficient (Wildman–Crippen LogP) is -3.07. The van der Waals surface area contributed by atoms with Crippen LogP contribution in [0.3, 0.4) is 0 Å². The van der Waals surface area contributed by atoms with E-state index in [1.165, 1.54) is 0 Å². The average molecular weight is 326 g/mol. The zero-order valence-electron chi connectivity index (χ0n) is 11.7. The van der Waals surface area contributed by atoms with Crippen molar-refractivity contribution in [1.29, 1.82) is 0 Å². The lowest BCUT2D eigenvalue weighted by molar-refractivity contribution is -0.132. The zero-order chi connectivity index (χ0) is 18.3. The van der Waals surface area contributed by atoms with Gasteiger partial charge in [-0.2, -0.15) is 0 Å². The van der Waals surface area contributed by atoms with Gasteiger partial charge in [-0.1, -0.05) is 13.2 Å². The van der Waals surface area contributed by atoms with Crippen molar-refractivity contribution in [3.05, 3.63) is 25.3 Å². The fourth-order valence-corrected chi connectivity index (χ4v) is 0.671. The lowest BCUT2D eigenvalue weighted by Crippen LogP contribution is -2.46. The van der Waals surface area contributed by atoms with Crippen LogP contribution >= 0.6 is 0 Å². The third-order valence-corrected chi connectivity index (χ3v) is 1.86. The van der Waals surface area contributed by atoms with E-state index in [1.807, 2.05) is 0 Å². The van der Waals surface area contributed by atoms with Crippen molar-refractivity contribution in [2.24, 2.45) is 0 Å². The molecule has 130 valence electrons. The van der Waals surface area contributed by atoms with Gasteiger partial charge >= 0.3 is 11.9 Å². The Kier molecular flexibility index (Phi) is 17.8. The van der Waals surface area contributed by atoms with Crippen LogP contribution in [0.4, 0.5) is 0 Å². The number of carboxylic acids is 2. The maximum absolute atomic E-state index is 9.25. The molecule has 0 spiro atoms. The summed E-state index contributed by atoms with van der Waals surface area (Å²) in [6.45, 7) is 4.47. The lowest BCUT2D eigenvalue weighted by atomic mass is 10.0. The molecular weight excluding hydrogens is 304 g/mol. The first kappa shape index (κ1) is 25.2. The molecule has 10 nitrogen and oxygen atoms in total. The molecule has 0 heterocycles. The zero-order valence-corrected chi connectivity index (χ0v) is 11.7. The highest BCUT2D eigenvalue weighted by molar-refractivity contribution is 5.79. The van der Waals surface area contributed by atoms with Crippen molar-refractivity contribution < 1.29 is 50.4 Å². The highest BCUT2D eigenvalue weighted by Gasteiger charge is 2.29. The van der Waals surface area contributed by atoms with Gasteiger partial charge in [0.1, 0.15) is 24.4 Å². The van der Waals surface area contributed by atoms with Crippen molar-refractivity contribution in [3.8, 4) is 0 Å². The molecule has 0 bridgehead atoms. The van der Waals surface area contributed by atoms with E-state index < -0.39 is 49.6 Å². The van der Waals surface area contributed by atoms with E-state index in [-0.39, 0.29) is 0 Å². The number of aliphatic carboxylic acids is 2. The highest BCUT2D eigenvalue weighted by Crippen LogP contribution is 2.03. The van der Waals surface area contributed by atoms with Crippen molar-refractivity contribution >= 4 is 11.9 Å². The van der Waals surface area contributed by atoms with Crippen molar-refractivity contribution in [2.45, 2.75) is 24.4 Å². The van der Waals surface area contributed by atoms with Gasteiger partial charge in [-0.25, -0.2) is 9.59 Å². The third-order valence-electron chi connectivity index (χ3n) is 1.86. The molecule has 0 amide bonds. The third kappa shape index (κ3) is 16.2. The van der Waals surface area contributed by atoms with Gasteiger partial charge in [0, 0.05) is 12.2 Å². The van der Waals surface area contributed by atoms with E-state index in [9.17, 15) is 9.59 Å². The number of rotatable bonds is 7. The summed E-state index contributed by atoms with van der Waals surface area (Å²) in [5.41, 5.74) is 0. The molecule has 0 rings (SSSR count). The number of carboxylic acid groups (broad SMARTS) is 2. The second kappa shape index (κ2) is 15.6. The Labute approximate surface area is 126 Å². The summed E-state index contributed by atoms with van der Waals surface area (Å²) in [7, 11) is 0. The Bertz CT molecular complexity index is 298. The molecule has 0 fully saturated rings. The van der Waals surface area contributed by atoms with E-state index in [0.29, 0.717) is 0 Å². The van der Waals surface area contributed by atoms with Crippen molar-refractivity contribution in [2.75, 3.05) is 13.2 Å². The molecule has 0 saturated heterocycles. The number of aliphatic hydroxyl groups is 6. The van der Waals surface area contributed by atoms with Crippen LogP contribution in [0.1, 0.15) is 0 Å². The van der Waals surface area contributed by atoms with Crippen LogP contribution in [-0.4, -0.2) is 90.4 Å². The van der Waals surface area contributed by atoms with Gasteiger partial charge in [-0.15, -0.1) is 0 Å². The topological polar surface area (TPSA) is 196 Å². The maximum atomic E-state index is 9.25. The number of aliphatic hydroxyl groups excluding tert-OH is 6. The molecule has 0 aromatic carbocycles. The van der Waals surface area contributed by atoms with Crippen LogP contribution in [0.15, 0.2) is 25.3 Å². The maximum Gasteiger partial charge on any atom is 0.327 e. The van der Waals surface area contributed by atoms with Crippen LogP contribution in [0.2, 0.25) is 0 Å². The van der Waals surface area contributed by atoms with Gasteiger partial charge in [-0.3, -0.25) is 0 Å².